The molecule has 6 nitrogen and oxygen atoms in total. The van der Waals surface area contributed by atoms with Crippen molar-refractivity contribution in [2.45, 2.75) is 26.2 Å². The number of carbonyl (C=O) groups is 1. The Kier molecular flexibility index (Phi) is 4.15. The van der Waals surface area contributed by atoms with Crippen molar-refractivity contribution >= 4 is 32.5 Å². The van der Waals surface area contributed by atoms with E-state index in [1.54, 1.807) is 0 Å². The number of thiazole rings is 1. The molecule has 0 spiro atoms. The highest BCUT2D eigenvalue weighted by Crippen LogP contribution is 2.32. The Bertz CT molecular complexity index is 779. The van der Waals surface area contributed by atoms with Gasteiger partial charge in [-0.15, -0.1) is 10.2 Å². The van der Waals surface area contributed by atoms with E-state index in [9.17, 15) is 9.90 Å². The van der Waals surface area contributed by atoms with Crippen LogP contribution in [0.1, 0.15) is 26.2 Å². The zero-order valence-electron chi connectivity index (χ0n) is 12.1. The van der Waals surface area contributed by atoms with Gasteiger partial charge in [-0.3, -0.25) is 4.79 Å². The molecule has 1 heterocycles. The quantitative estimate of drug-likeness (QED) is 0.852. The smallest absolute Gasteiger partial charge is 0.231 e. The molecular formula is C15H15N3O3S. The predicted molar refractivity (Wildman–Crippen MR) is 83.8 cm³/mol. The lowest BCUT2D eigenvalue weighted by Gasteiger charge is -2.09. The van der Waals surface area contributed by atoms with E-state index in [-0.39, 0.29) is 17.2 Å². The SMILES string of the molecule is CCOc1ccc2nc(N=NC3=C(O)CCCC3=O)sc2c1. The molecule has 1 aliphatic rings. The molecule has 22 heavy (non-hydrogen) atoms. The number of ketones is 1. The molecule has 1 aliphatic carbocycles. The van der Waals surface area contributed by atoms with Crippen LogP contribution < -0.4 is 4.74 Å². The van der Waals surface area contributed by atoms with E-state index in [1.165, 1.54) is 11.3 Å². The summed E-state index contributed by atoms with van der Waals surface area (Å²) in [5.41, 5.74) is 0.857. The first-order chi connectivity index (χ1) is 10.7. The van der Waals surface area contributed by atoms with Gasteiger partial charge in [0.15, 0.2) is 11.5 Å². The van der Waals surface area contributed by atoms with Crippen molar-refractivity contribution in [2.75, 3.05) is 6.61 Å². The number of aliphatic hydroxyl groups is 1. The number of aromatic nitrogens is 1. The zero-order chi connectivity index (χ0) is 15.5. The number of rotatable bonds is 4. The van der Waals surface area contributed by atoms with Gasteiger partial charge in [-0.1, -0.05) is 11.3 Å². The molecule has 0 bridgehead atoms. The zero-order valence-corrected chi connectivity index (χ0v) is 12.9. The molecule has 0 radical (unpaired) electrons. The van der Waals surface area contributed by atoms with Crippen LogP contribution in [-0.4, -0.2) is 22.5 Å². The molecule has 114 valence electrons. The molecule has 0 saturated carbocycles. The summed E-state index contributed by atoms with van der Waals surface area (Å²) < 4.78 is 6.38. The lowest BCUT2D eigenvalue weighted by molar-refractivity contribution is -0.116. The monoisotopic (exact) mass is 317 g/mol. The van der Waals surface area contributed by atoms with Gasteiger partial charge in [-0.05, 0) is 31.5 Å². The van der Waals surface area contributed by atoms with Crippen molar-refractivity contribution in [1.82, 2.24) is 4.98 Å². The van der Waals surface area contributed by atoms with Crippen molar-refractivity contribution < 1.29 is 14.6 Å². The van der Waals surface area contributed by atoms with Crippen LogP contribution in [0.4, 0.5) is 5.13 Å². The van der Waals surface area contributed by atoms with Crippen molar-refractivity contribution in [3.05, 3.63) is 29.7 Å². The second-order valence-electron chi connectivity index (χ2n) is 4.83. The summed E-state index contributed by atoms with van der Waals surface area (Å²) in [5.74, 6) is 0.622. The maximum Gasteiger partial charge on any atom is 0.231 e. The fraction of sp³-hybridized carbons (Fsp3) is 0.333. The third kappa shape index (κ3) is 2.99. The molecule has 0 unspecified atom stereocenters. The first-order valence-corrected chi connectivity index (χ1v) is 7.89. The minimum atomic E-state index is -0.174. The van der Waals surface area contributed by atoms with Crippen molar-refractivity contribution in [3.63, 3.8) is 0 Å². The lowest BCUT2D eigenvalue weighted by Crippen LogP contribution is -2.09. The summed E-state index contributed by atoms with van der Waals surface area (Å²) >= 11 is 1.36. The molecule has 0 amide bonds. The number of benzene rings is 1. The maximum absolute atomic E-state index is 11.7. The van der Waals surface area contributed by atoms with Gasteiger partial charge in [0.25, 0.3) is 0 Å². The fourth-order valence-corrected chi connectivity index (χ4v) is 3.03. The Morgan fingerprint density at radius 1 is 1.36 bits per heavy atom. The highest BCUT2D eigenvalue weighted by atomic mass is 32.1. The first-order valence-electron chi connectivity index (χ1n) is 7.08. The number of ether oxygens (including phenoxy) is 1. The number of nitrogens with zero attached hydrogens (tertiary/aromatic N) is 3. The van der Waals surface area contributed by atoms with Gasteiger partial charge in [0.1, 0.15) is 11.5 Å². The minimum Gasteiger partial charge on any atom is -0.510 e. The van der Waals surface area contributed by atoms with Gasteiger partial charge in [0.05, 0.1) is 16.8 Å². The van der Waals surface area contributed by atoms with E-state index in [0.717, 1.165) is 16.0 Å². The Balaban J connectivity index is 1.87. The topological polar surface area (TPSA) is 84.1 Å². The van der Waals surface area contributed by atoms with Gasteiger partial charge in [-0.25, -0.2) is 4.98 Å². The molecule has 1 aromatic carbocycles. The van der Waals surface area contributed by atoms with Crippen LogP contribution in [-0.2, 0) is 4.79 Å². The molecule has 0 saturated heterocycles. The number of hydrogen-bond acceptors (Lipinski definition) is 7. The number of aliphatic hydroxyl groups excluding tert-OH is 1. The standard InChI is InChI=1S/C15H15N3O3S/c1-2-21-9-6-7-10-13(8-9)22-15(16-10)18-17-14-11(19)4-3-5-12(14)20/h6-8,19H,2-5H2,1H3. The largest absolute Gasteiger partial charge is 0.510 e. The highest BCUT2D eigenvalue weighted by Gasteiger charge is 2.20. The maximum atomic E-state index is 11.7. The predicted octanol–water partition coefficient (Wildman–Crippen LogP) is 4.30. The Morgan fingerprint density at radius 3 is 3.00 bits per heavy atom. The van der Waals surface area contributed by atoms with E-state index >= 15 is 0 Å². The summed E-state index contributed by atoms with van der Waals surface area (Å²) in [7, 11) is 0. The van der Waals surface area contributed by atoms with Crippen molar-refractivity contribution in [3.8, 4) is 5.75 Å². The van der Waals surface area contributed by atoms with Gasteiger partial charge < -0.3 is 9.84 Å². The van der Waals surface area contributed by atoms with E-state index in [4.69, 9.17) is 4.74 Å². The van der Waals surface area contributed by atoms with Crippen molar-refractivity contribution in [2.24, 2.45) is 10.2 Å². The van der Waals surface area contributed by atoms with Crippen LogP contribution in [0.2, 0.25) is 0 Å². The molecule has 3 rings (SSSR count). The molecule has 0 atom stereocenters. The summed E-state index contributed by atoms with van der Waals surface area (Å²) in [6.07, 6.45) is 1.53. The molecule has 1 N–H and O–H groups in total. The average Bonchev–Trinajstić information content (AvgIpc) is 2.89. The van der Waals surface area contributed by atoms with Gasteiger partial charge in [0, 0.05) is 12.8 Å². The van der Waals surface area contributed by atoms with Gasteiger partial charge >= 0.3 is 0 Å². The molecule has 1 aromatic heterocycles. The van der Waals surface area contributed by atoms with Crippen LogP contribution in [0.5, 0.6) is 5.75 Å². The van der Waals surface area contributed by atoms with Crippen LogP contribution >= 0.6 is 11.3 Å². The van der Waals surface area contributed by atoms with Gasteiger partial charge in [-0.2, -0.15) is 0 Å². The summed E-state index contributed by atoms with van der Waals surface area (Å²) in [5, 5.41) is 18.1. The Labute approximate surface area is 131 Å². The summed E-state index contributed by atoms with van der Waals surface area (Å²) in [6.45, 7) is 2.53. The number of azo groups is 1. The van der Waals surface area contributed by atoms with Crippen LogP contribution in [0, 0.1) is 0 Å². The number of hydrogen-bond donors (Lipinski definition) is 1. The second kappa shape index (κ2) is 6.23. The Hall–Kier alpha value is -2.28. The molecule has 2 aromatic rings. The van der Waals surface area contributed by atoms with E-state index in [1.807, 2.05) is 25.1 Å². The molecule has 0 aliphatic heterocycles. The second-order valence-corrected chi connectivity index (χ2v) is 5.84. The number of allylic oxidation sites excluding steroid dienone is 2. The Morgan fingerprint density at radius 2 is 2.23 bits per heavy atom. The number of Topliss-reactive ketones (excluding diaryl/α,β-unsaturated/α-hetero) is 1. The number of fused-ring (bicyclic) bond motifs is 1. The fourth-order valence-electron chi connectivity index (χ4n) is 2.21. The molecule has 0 fully saturated rings. The normalized spacial score (nSPS) is 16.0. The third-order valence-electron chi connectivity index (χ3n) is 3.25. The highest BCUT2D eigenvalue weighted by molar-refractivity contribution is 7.21. The summed E-state index contributed by atoms with van der Waals surface area (Å²) in [4.78, 5) is 16.0. The van der Waals surface area contributed by atoms with Crippen LogP contribution in [0.3, 0.4) is 0 Å². The lowest BCUT2D eigenvalue weighted by atomic mass is 10.0. The first kappa shape index (κ1) is 14.6. The molecular weight excluding hydrogens is 302 g/mol. The summed E-state index contributed by atoms with van der Waals surface area (Å²) in [6, 6.07) is 5.61. The average molecular weight is 317 g/mol. The van der Waals surface area contributed by atoms with E-state index in [0.29, 0.717) is 31.0 Å². The third-order valence-corrected chi connectivity index (χ3v) is 4.15. The van der Waals surface area contributed by atoms with E-state index < -0.39 is 0 Å². The number of carbonyl (C=O) groups excluding carboxylic acids is 1. The van der Waals surface area contributed by atoms with Crippen LogP contribution in [0.25, 0.3) is 10.2 Å². The van der Waals surface area contributed by atoms with Crippen molar-refractivity contribution in [1.29, 1.82) is 0 Å². The van der Waals surface area contributed by atoms with Gasteiger partial charge in [0.2, 0.25) is 5.13 Å². The minimum absolute atomic E-state index is 0.0137. The van der Waals surface area contributed by atoms with E-state index in [2.05, 4.69) is 15.2 Å². The molecule has 7 heteroatoms. The van der Waals surface area contributed by atoms with Crippen LogP contribution in [0.15, 0.2) is 39.9 Å².